The van der Waals surface area contributed by atoms with Crippen LogP contribution in [0.5, 0.6) is 17.2 Å². The molecule has 1 N–H and O–H groups in total. The number of methoxy groups -OCH3 is 2. The Kier molecular flexibility index (Phi) is 7.81. The van der Waals surface area contributed by atoms with Crippen molar-refractivity contribution in [3.63, 3.8) is 0 Å². The van der Waals surface area contributed by atoms with Crippen LogP contribution in [0.25, 0.3) is 22.1 Å². The van der Waals surface area contributed by atoms with E-state index in [1.165, 1.54) is 0 Å². The summed E-state index contributed by atoms with van der Waals surface area (Å²) in [6.07, 6.45) is 0. The molecule has 0 saturated carbocycles. The molecule has 1 aromatic heterocycles. The van der Waals surface area contributed by atoms with Crippen LogP contribution in [0.1, 0.15) is 0 Å². The van der Waals surface area contributed by atoms with Crippen LogP contribution in [0.2, 0.25) is 0 Å². The second kappa shape index (κ2) is 11.6. The van der Waals surface area contributed by atoms with Crippen molar-refractivity contribution in [2.24, 2.45) is 0 Å². The topological polar surface area (TPSA) is 76.4 Å². The van der Waals surface area contributed by atoms with E-state index in [1.54, 1.807) is 20.3 Å². The summed E-state index contributed by atoms with van der Waals surface area (Å²) in [4.78, 5) is 18.0. The van der Waals surface area contributed by atoms with Crippen LogP contribution in [-0.2, 0) is 0 Å². The summed E-state index contributed by atoms with van der Waals surface area (Å²) in [6, 6.07) is 20.6. The monoisotopic (exact) mass is 515 g/mol. The van der Waals surface area contributed by atoms with Gasteiger partial charge in [0.05, 0.1) is 25.5 Å². The van der Waals surface area contributed by atoms with Crippen molar-refractivity contribution in [1.82, 2.24) is 9.80 Å². The molecule has 8 nitrogen and oxygen atoms in total. The van der Waals surface area contributed by atoms with Crippen molar-refractivity contribution in [3.8, 4) is 28.4 Å². The van der Waals surface area contributed by atoms with Gasteiger partial charge in [-0.2, -0.15) is 0 Å². The Morgan fingerprint density at radius 2 is 1.50 bits per heavy atom. The van der Waals surface area contributed by atoms with Gasteiger partial charge in [-0.25, -0.2) is 4.79 Å². The molecule has 5 rings (SSSR count). The lowest BCUT2D eigenvalue weighted by molar-refractivity contribution is 0.134. The van der Waals surface area contributed by atoms with Crippen LogP contribution in [0, 0.1) is 0 Å². The Morgan fingerprint density at radius 3 is 2.18 bits per heavy atom. The van der Waals surface area contributed by atoms with Gasteiger partial charge in [-0.1, -0.05) is 12.1 Å². The summed E-state index contributed by atoms with van der Waals surface area (Å²) in [5.74, 6) is 2.13. The lowest BCUT2D eigenvalue weighted by Crippen LogP contribution is -2.45. The van der Waals surface area contributed by atoms with Crippen LogP contribution >= 0.6 is 0 Å². The molecule has 1 fully saturated rings. The van der Waals surface area contributed by atoms with Gasteiger partial charge >= 0.3 is 5.63 Å². The predicted octanol–water partition coefficient (Wildman–Crippen LogP) is 4.85. The predicted molar refractivity (Wildman–Crippen MR) is 150 cm³/mol. The van der Waals surface area contributed by atoms with E-state index in [0.717, 1.165) is 55.1 Å². The van der Waals surface area contributed by atoms with E-state index in [-0.39, 0.29) is 0 Å². The van der Waals surface area contributed by atoms with Crippen LogP contribution in [0.3, 0.4) is 0 Å². The molecule has 8 heteroatoms. The summed E-state index contributed by atoms with van der Waals surface area (Å²) in [5, 5.41) is 4.23. The fourth-order valence-electron chi connectivity index (χ4n) is 4.60. The van der Waals surface area contributed by atoms with Gasteiger partial charge in [-0.15, -0.1) is 0 Å². The molecule has 0 amide bonds. The smallest absolute Gasteiger partial charge is 0.346 e. The van der Waals surface area contributed by atoms with E-state index in [0.29, 0.717) is 34.9 Å². The van der Waals surface area contributed by atoms with Crippen LogP contribution in [0.15, 0.2) is 75.9 Å². The normalized spacial score (nSPS) is 14.4. The average Bonchev–Trinajstić information content (AvgIpc) is 2.95. The Morgan fingerprint density at radius 1 is 0.842 bits per heavy atom. The van der Waals surface area contributed by atoms with Crippen LogP contribution in [-0.4, -0.2) is 70.4 Å². The number of hydrogen-bond donors (Lipinski definition) is 1. The largest absolute Gasteiger partial charge is 0.497 e. The number of nitrogens with one attached hydrogen (secondary N) is 1. The molecular formula is C30H33N3O5. The van der Waals surface area contributed by atoms with Gasteiger partial charge < -0.3 is 28.8 Å². The van der Waals surface area contributed by atoms with E-state index >= 15 is 0 Å². The highest BCUT2D eigenvalue weighted by Gasteiger charge is 2.18. The number of nitrogens with zero attached hydrogens (tertiary/aromatic N) is 2. The molecule has 198 valence electrons. The standard InChI is InChI=1S/C30H33N3O5/c1-32-14-16-33(17-15-32)18-19-37-24-10-6-22(7-11-24)31-29-26-13-12-25(36-3)20-27(26)38-30(34)28(29)21-4-8-23(35-2)9-5-21/h4-13,20,31H,14-19H2,1-3H3. The van der Waals surface area contributed by atoms with E-state index < -0.39 is 5.63 Å². The molecule has 0 unspecified atom stereocenters. The molecule has 4 aromatic rings. The Labute approximate surface area is 222 Å². The lowest BCUT2D eigenvalue weighted by atomic mass is 10.0. The van der Waals surface area contributed by atoms with Crippen LogP contribution in [0.4, 0.5) is 11.4 Å². The van der Waals surface area contributed by atoms with Crippen molar-refractivity contribution in [2.45, 2.75) is 0 Å². The van der Waals surface area contributed by atoms with Gasteiger partial charge in [0.25, 0.3) is 0 Å². The third kappa shape index (κ3) is 5.77. The zero-order valence-electron chi connectivity index (χ0n) is 22.0. The molecule has 0 bridgehead atoms. The number of ether oxygens (including phenoxy) is 3. The molecule has 1 saturated heterocycles. The van der Waals surface area contributed by atoms with Crippen molar-refractivity contribution in [3.05, 3.63) is 77.2 Å². The van der Waals surface area contributed by atoms with Crippen LogP contribution < -0.4 is 25.2 Å². The fraction of sp³-hybridized carbons (Fsp3) is 0.300. The number of piperazine rings is 1. The first-order valence-corrected chi connectivity index (χ1v) is 12.7. The van der Waals surface area contributed by atoms with Crippen molar-refractivity contribution < 1.29 is 18.6 Å². The Hall–Kier alpha value is -4.01. The van der Waals surface area contributed by atoms with Crippen molar-refractivity contribution in [2.75, 3.05) is 65.9 Å². The Bertz CT molecular complexity index is 1430. The molecule has 0 radical (unpaired) electrons. The van der Waals surface area contributed by atoms with Gasteiger partial charge in [-0.3, -0.25) is 4.90 Å². The quantitative estimate of drug-likeness (QED) is 0.317. The molecule has 2 heterocycles. The number of benzene rings is 3. The fourth-order valence-corrected chi connectivity index (χ4v) is 4.60. The summed E-state index contributed by atoms with van der Waals surface area (Å²) in [5.41, 5.74) is 2.66. The molecule has 0 atom stereocenters. The van der Waals surface area contributed by atoms with Crippen molar-refractivity contribution in [1.29, 1.82) is 0 Å². The summed E-state index contributed by atoms with van der Waals surface area (Å²) in [7, 11) is 5.35. The summed E-state index contributed by atoms with van der Waals surface area (Å²) in [6.45, 7) is 5.89. The van der Waals surface area contributed by atoms with Gasteiger partial charge in [-0.05, 0) is 61.1 Å². The van der Waals surface area contributed by atoms with Crippen molar-refractivity contribution >= 4 is 22.3 Å². The first kappa shape index (κ1) is 25.6. The maximum atomic E-state index is 13.2. The molecule has 0 aliphatic carbocycles. The molecule has 1 aliphatic rings. The minimum absolute atomic E-state index is 0.442. The highest BCUT2D eigenvalue weighted by molar-refractivity contribution is 6.00. The first-order chi connectivity index (χ1) is 18.5. The van der Waals surface area contributed by atoms with E-state index in [1.807, 2.05) is 60.7 Å². The third-order valence-electron chi connectivity index (χ3n) is 6.89. The second-order valence-electron chi connectivity index (χ2n) is 9.37. The minimum atomic E-state index is -0.442. The maximum Gasteiger partial charge on any atom is 0.346 e. The van der Waals surface area contributed by atoms with Gasteiger partial charge in [0, 0.05) is 49.9 Å². The highest BCUT2D eigenvalue weighted by atomic mass is 16.5. The number of likely N-dealkylation sites (N-methyl/N-ethyl adjacent to an activating group) is 1. The molecule has 1 aliphatic heterocycles. The summed E-state index contributed by atoms with van der Waals surface area (Å²) >= 11 is 0. The average molecular weight is 516 g/mol. The first-order valence-electron chi connectivity index (χ1n) is 12.7. The number of anilines is 2. The van der Waals surface area contributed by atoms with E-state index in [4.69, 9.17) is 18.6 Å². The number of rotatable bonds is 9. The number of fused-ring (bicyclic) bond motifs is 1. The molecule has 3 aromatic carbocycles. The second-order valence-corrected chi connectivity index (χ2v) is 9.37. The SMILES string of the molecule is COc1ccc(-c2c(Nc3ccc(OCCN4CCN(C)CC4)cc3)c3ccc(OC)cc3oc2=O)cc1. The summed E-state index contributed by atoms with van der Waals surface area (Å²) < 4.78 is 22.3. The van der Waals surface area contributed by atoms with Gasteiger partial charge in [0.1, 0.15) is 29.4 Å². The lowest BCUT2D eigenvalue weighted by Gasteiger charge is -2.32. The van der Waals surface area contributed by atoms with Gasteiger partial charge in [0.2, 0.25) is 0 Å². The highest BCUT2D eigenvalue weighted by Crippen LogP contribution is 2.36. The zero-order valence-corrected chi connectivity index (χ0v) is 22.0. The van der Waals surface area contributed by atoms with E-state index in [9.17, 15) is 4.79 Å². The third-order valence-corrected chi connectivity index (χ3v) is 6.89. The Balaban J connectivity index is 1.39. The zero-order chi connectivity index (χ0) is 26.5. The van der Waals surface area contributed by atoms with E-state index in [2.05, 4.69) is 22.2 Å². The molecule has 38 heavy (non-hydrogen) atoms. The maximum absolute atomic E-state index is 13.2. The number of hydrogen-bond acceptors (Lipinski definition) is 8. The van der Waals surface area contributed by atoms with Gasteiger partial charge in [0.15, 0.2) is 0 Å². The minimum Gasteiger partial charge on any atom is -0.497 e. The molecule has 0 spiro atoms. The molecular weight excluding hydrogens is 482 g/mol.